The van der Waals surface area contributed by atoms with Crippen LogP contribution in [0.2, 0.25) is 0 Å². The molecule has 0 fully saturated rings. The summed E-state index contributed by atoms with van der Waals surface area (Å²) in [6.45, 7) is 8.42. The van der Waals surface area contributed by atoms with Crippen molar-refractivity contribution in [1.82, 2.24) is 15.5 Å². The van der Waals surface area contributed by atoms with Crippen molar-refractivity contribution >= 4 is 53.0 Å². The summed E-state index contributed by atoms with van der Waals surface area (Å²) in [5.41, 5.74) is 1.39. The van der Waals surface area contributed by atoms with Crippen molar-refractivity contribution in [2.45, 2.75) is 32.7 Å². The van der Waals surface area contributed by atoms with E-state index in [1.165, 1.54) is 24.2 Å². The van der Waals surface area contributed by atoms with Gasteiger partial charge in [0.1, 0.15) is 0 Å². The van der Waals surface area contributed by atoms with Crippen LogP contribution in [0.4, 0.5) is 0 Å². The second kappa shape index (κ2) is 15.3. The van der Waals surface area contributed by atoms with E-state index < -0.39 is 0 Å². The molecule has 1 heterocycles. The Labute approximate surface area is 173 Å². The fourth-order valence-corrected chi connectivity index (χ4v) is 3.78. The standard InChI is InChI=1S/C17H32N4S2.HI/c1-5-21(6-2)16(15-9-12-23-14-15)13-20-17(18-3)19-10-7-8-11-22-4;/h9,12,14,16H,5-8,10-11,13H2,1-4H3,(H2,18,19,20);1H. The Bertz CT molecular complexity index is 422. The van der Waals surface area contributed by atoms with Crippen LogP contribution in [0.3, 0.4) is 0 Å². The van der Waals surface area contributed by atoms with Gasteiger partial charge >= 0.3 is 0 Å². The van der Waals surface area contributed by atoms with Gasteiger partial charge in [0.15, 0.2) is 5.96 Å². The Morgan fingerprint density at radius 1 is 1.29 bits per heavy atom. The van der Waals surface area contributed by atoms with Crippen LogP contribution in [-0.4, -0.2) is 56.1 Å². The van der Waals surface area contributed by atoms with Gasteiger partial charge in [-0.1, -0.05) is 13.8 Å². The zero-order chi connectivity index (χ0) is 16.9. The van der Waals surface area contributed by atoms with Crippen LogP contribution >= 0.6 is 47.1 Å². The monoisotopic (exact) mass is 484 g/mol. The number of thioether (sulfide) groups is 1. The lowest BCUT2D eigenvalue weighted by atomic mass is 10.1. The zero-order valence-electron chi connectivity index (χ0n) is 15.4. The van der Waals surface area contributed by atoms with Crippen LogP contribution in [0.1, 0.15) is 38.3 Å². The molecule has 0 radical (unpaired) electrons. The molecule has 2 N–H and O–H groups in total. The van der Waals surface area contributed by atoms with E-state index in [0.717, 1.165) is 32.1 Å². The number of rotatable bonds is 11. The van der Waals surface area contributed by atoms with E-state index in [0.29, 0.717) is 6.04 Å². The fourth-order valence-electron chi connectivity index (χ4n) is 2.58. The van der Waals surface area contributed by atoms with Gasteiger partial charge in [-0.05, 0) is 60.3 Å². The highest BCUT2D eigenvalue weighted by atomic mass is 127. The normalized spacial score (nSPS) is 12.8. The van der Waals surface area contributed by atoms with Gasteiger partial charge in [0.2, 0.25) is 0 Å². The summed E-state index contributed by atoms with van der Waals surface area (Å²) in [7, 11) is 1.84. The molecule has 1 aromatic heterocycles. The van der Waals surface area contributed by atoms with Gasteiger partial charge in [-0.3, -0.25) is 9.89 Å². The number of thiophene rings is 1. The summed E-state index contributed by atoms with van der Waals surface area (Å²) in [6, 6.07) is 2.62. The smallest absolute Gasteiger partial charge is 0.191 e. The van der Waals surface area contributed by atoms with Crippen molar-refractivity contribution in [3.8, 4) is 0 Å². The van der Waals surface area contributed by atoms with Crippen LogP contribution in [0.15, 0.2) is 21.8 Å². The lowest BCUT2D eigenvalue weighted by molar-refractivity contribution is 0.219. The lowest BCUT2D eigenvalue weighted by Gasteiger charge is -2.30. The van der Waals surface area contributed by atoms with Crippen LogP contribution in [0.5, 0.6) is 0 Å². The molecule has 1 unspecified atom stereocenters. The quantitative estimate of drug-likeness (QED) is 0.215. The highest BCUT2D eigenvalue weighted by molar-refractivity contribution is 14.0. The predicted octanol–water partition coefficient (Wildman–Crippen LogP) is 4.06. The Morgan fingerprint density at radius 2 is 2.04 bits per heavy atom. The molecule has 4 nitrogen and oxygen atoms in total. The third-order valence-electron chi connectivity index (χ3n) is 3.94. The molecule has 0 aliphatic heterocycles. The third-order valence-corrected chi connectivity index (χ3v) is 5.33. The van der Waals surface area contributed by atoms with E-state index in [-0.39, 0.29) is 24.0 Å². The Balaban J connectivity index is 0.00000529. The van der Waals surface area contributed by atoms with Crippen LogP contribution in [0.25, 0.3) is 0 Å². The fraction of sp³-hybridized carbons (Fsp3) is 0.706. The average molecular weight is 485 g/mol. The molecule has 140 valence electrons. The molecule has 0 amide bonds. The second-order valence-corrected chi connectivity index (χ2v) is 7.14. The SMILES string of the molecule is CCN(CC)C(CNC(=NC)NCCCCSC)c1ccsc1.I. The number of guanidine groups is 1. The minimum atomic E-state index is 0. The lowest BCUT2D eigenvalue weighted by Crippen LogP contribution is -2.43. The molecule has 0 spiro atoms. The number of hydrogen-bond donors (Lipinski definition) is 2. The van der Waals surface area contributed by atoms with E-state index in [2.05, 4.69) is 57.5 Å². The van der Waals surface area contributed by atoms with Crippen LogP contribution in [0, 0.1) is 0 Å². The first-order valence-corrected chi connectivity index (χ1v) is 10.8. The predicted molar refractivity (Wildman–Crippen MR) is 122 cm³/mol. The minimum absolute atomic E-state index is 0. The van der Waals surface area contributed by atoms with Crippen molar-refractivity contribution in [3.05, 3.63) is 22.4 Å². The van der Waals surface area contributed by atoms with Gasteiger partial charge in [0.25, 0.3) is 0 Å². The maximum absolute atomic E-state index is 4.34. The summed E-state index contributed by atoms with van der Waals surface area (Å²) < 4.78 is 0. The molecular weight excluding hydrogens is 451 g/mol. The molecular formula is C17H33IN4S2. The van der Waals surface area contributed by atoms with Crippen molar-refractivity contribution < 1.29 is 0 Å². The highest BCUT2D eigenvalue weighted by Gasteiger charge is 2.18. The van der Waals surface area contributed by atoms with E-state index in [1.54, 1.807) is 11.3 Å². The van der Waals surface area contributed by atoms with Gasteiger partial charge in [0.05, 0.1) is 6.04 Å². The average Bonchev–Trinajstić information content (AvgIpc) is 3.10. The van der Waals surface area contributed by atoms with Gasteiger partial charge in [-0.2, -0.15) is 23.1 Å². The molecule has 0 aliphatic rings. The van der Waals surface area contributed by atoms with Gasteiger partial charge in [0, 0.05) is 20.1 Å². The molecule has 1 rings (SSSR count). The van der Waals surface area contributed by atoms with Crippen molar-refractivity contribution in [2.24, 2.45) is 4.99 Å². The molecule has 24 heavy (non-hydrogen) atoms. The maximum Gasteiger partial charge on any atom is 0.191 e. The van der Waals surface area contributed by atoms with Crippen LogP contribution < -0.4 is 10.6 Å². The molecule has 7 heteroatoms. The van der Waals surface area contributed by atoms with E-state index in [4.69, 9.17) is 0 Å². The minimum Gasteiger partial charge on any atom is -0.356 e. The summed E-state index contributed by atoms with van der Waals surface area (Å²) >= 11 is 3.67. The van der Waals surface area contributed by atoms with Crippen molar-refractivity contribution in [3.63, 3.8) is 0 Å². The number of unbranched alkanes of at least 4 members (excludes halogenated alkanes) is 1. The first-order valence-electron chi connectivity index (χ1n) is 8.46. The first kappa shape index (κ1) is 24.0. The second-order valence-electron chi connectivity index (χ2n) is 5.37. The topological polar surface area (TPSA) is 39.7 Å². The van der Waals surface area contributed by atoms with E-state index in [9.17, 15) is 0 Å². The summed E-state index contributed by atoms with van der Waals surface area (Å²) in [4.78, 5) is 6.83. The number of likely N-dealkylation sites (N-methyl/N-ethyl adjacent to an activating group) is 1. The Kier molecular flexibility index (Phi) is 15.3. The maximum atomic E-state index is 4.34. The molecule has 1 aromatic rings. The summed E-state index contributed by atoms with van der Waals surface area (Å²) in [5, 5.41) is 11.3. The Hall–Kier alpha value is 0.01000. The molecule has 0 aromatic carbocycles. The first-order chi connectivity index (χ1) is 11.3. The number of halogens is 1. The summed E-state index contributed by atoms with van der Waals surface area (Å²) in [5.74, 6) is 2.14. The van der Waals surface area contributed by atoms with E-state index in [1.807, 2.05) is 18.8 Å². The summed E-state index contributed by atoms with van der Waals surface area (Å²) in [6.07, 6.45) is 4.60. The zero-order valence-corrected chi connectivity index (χ0v) is 19.3. The van der Waals surface area contributed by atoms with Crippen molar-refractivity contribution in [2.75, 3.05) is 45.2 Å². The molecule has 0 aliphatic carbocycles. The highest BCUT2D eigenvalue weighted by Crippen LogP contribution is 2.22. The molecule has 0 bridgehead atoms. The third kappa shape index (κ3) is 8.92. The number of nitrogens with zero attached hydrogens (tertiary/aromatic N) is 2. The van der Waals surface area contributed by atoms with Gasteiger partial charge in [-0.25, -0.2) is 0 Å². The number of aliphatic imine (C=N–C) groups is 1. The van der Waals surface area contributed by atoms with Gasteiger partial charge in [-0.15, -0.1) is 24.0 Å². The number of hydrogen-bond acceptors (Lipinski definition) is 4. The Morgan fingerprint density at radius 3 is 2.58 bits per heavy atom. The largest absolute Gasteiger partial charge is 0.356 e. The number of nitrogens with one attached hydrogen (secondary N) is 2. The van der Waals surface area contributed by atoms with E-state index >= 15 is 0 Å². The molecule has 0 saturated carbocycles. The van der Waals surface area contributed by atoms with Crippen LogP contribution in [-0.2, 0) is 0 Å². The molecule has 1 atom stereocenters. The molecule has 0 saturated heterocycles. The van der Waals surface area contributed by atoms with Gasteiger partial charge < -0.3 is 10.6 Å². The van der Waals surface area contributed by atoms with Crippen molar-refractivity contribution in [1.29, 1.82) is 0 Å².